The molecule has 0 atom stereocenters. The molecular formula is C16H13F4N3O3. The Balaban J connectivity index is 2.11. The number of hydrogen-bond donors (Lipinski definition) is 2. The number of nitrogens with zero attached hydrogens (tertiary/aromatic N) is 1. The second kappa shape index (κ2) is 7.38. The number of aryl methyl sites for hydroxylation is 1. The van der Waals surface area contributed by atoms with E-state index in [-0.39, 0.29) is 11.6 Å². The molecule has 2 amide bonds. The molecule has 2 N–H and O–H groups in total. The number of methoxy groups -OCH3 is 1. The number of alkyl halides is 3. The van der Waals surface area contributed by atoms with Crippen LogP contribution in [-0.4, -0.2) is 24.1 Å². The number of pyridine rings is 1. The standard InChI is InChI=1S/C16H13F4N3O3/c1-8-5-9(14(24)26-2)3-4-12(8)22-15(25)23-13-11(17)6-10(7-21-13)16(18,19)20/h3-7H,1-2H3,(H2,21,22,23,25). The average molecular weight is 371 g/mol. The van der Waals surface area contributed by atoms with Gasteiger partial charge in [-0.05, 0) is 36.8 Å². The van der Waals surface area contributed by atoms with Crippen molar-refractivity contribution in [1.29, 1.82) is 0 Å². The number of esters is 1. The Morgan fingerprint density at radius 2 is 1.85 bits per heavy atom. The van der Waals surface area contributed by atoms with Gasteiger partial charge in [0.1, 0.15) is 0 Å². The fourth-order valence-electron chi connectivity index (χ4n) is 1.99. The quantitative estimate of drug-likeness (QED) is 0.632. The first-order valence-corrected chi connectivity index (χ1v) is 7.11. The Kier molecular flexibility index (Phi) is 5.44. The van der Waals surface area contributed by atoms with Gasteiger partial charge in [-0.25, -0.2) is 19.0 Å². The van der Waals surface area contributed by atoms with Crippen LogP contribution in [0.1, 0.15) is 21.5 Å². The fourth-order valence-corrected chi connectivity index (χ4v) is 1.99. The molecule has 0 spiro atoms. The van der Waals surface area contributed by atoms with Gasteiger partial charge in [-0.1, -0.05) is 0 Å². The lowest BCUT2D eigenvalue weighted by atomic mass is 10.1. The summed E-state index contributed by atoms with van der Waals surface area (Å²) in [6.07, 6.45) is -4.33. The van der Waals surface area contributed by atoms with Crippen molar-refractivity contribution < 1.29 is 31.9 Å². The second-order valence-electron chi connectivity index (χ2n) is 5.15. The molecule has 0 saturated carbocycles. The van der Waals surface area contributed by atoms with E-state index >= 15 is 0 Å². The number of urea groups is 1. The van der Waals surface area contributed by atoms with E-state index in [4.69, 9.17) is 0 Å². The molecule has 0 saturated heterocycles. The number of halogens is 4. The molecule has 1 aromatic heterocycles. The van der Waals surface area contributed by atoms with E-state index in [0.29, 0.717) is 17.4 Å². The van der Waals surface area contributed by atoms with Crippen LogP contribution in [-0.2, 0) is 10.9 Å². The predicted molar refractivity (Wildman–Crippen MR) is 84.4 cm³/mol. The molecule has 6 nitrogen and oxygen atoms in total. The van der Waals surface area contributed by atoms with Crippen LogP contribution in [0.3, 0.4) is 0 Å². The zero-order chi connectivity index (χ0) is 19.5. The van der Waals surface area contributed by atoms with E-state index in [1.807, 2.05) is 5.32 Å². The van der Waals surface area contributed by atoms with E-state index < -0.39 is 35.4 Å². The van der Waals surface area contributed by atoms with Crippen molar-refractivity contribution >= 4 is 23.5 Å². The normalized spacial score (nSPS) is 11.0. The summed E-state index contributed by atoms with van der Waals surface area (Å²) in [5, 5.41) is 4.40. The molecule has 0 aliphatic heterocycles. The van der Waals surface area contributed by atoms with Crippen molar-refractivity contribution in [3.63, 3.8) is 0 Å². The van der Waals surface area contributed by atoms with E-state index in [0.717, 1.165) is 0 Å². The van der Waals surface area contributed by atoms with Crippen LogP contribution in [0.4, 0.5) is 33.9 Å². The van der Waals surface area contributed by atoms with Gasteiger partial charge in [0.15, 0.2) is 11.6 Å². The molecule has 0 unspecified atom stereocenters. The fraction of sp³-hybridized carbons (Fsp3) is 0.188. The van der Waals surface area contributed by atoms with E-state index in [1.165, 1.54) is 25.3 Å². The smallest absolute Gasteiger partial charge is 0.417 e. The Bertz CT molecular complexity index is 853. The molecule has 0 fully saturated rings. The number of nitrogens with one attached hydrogen (secondary N) is 2. The summed E-state index contributed by atoms with van der Waals surface area (Å²) in [6.45, 7) is 1.61. The summed E-state index contributed by atoms with van der Waals surface area (Å²) in [5.74, 6) is -2.54. The highest BCUT2D eigenvalue weighted by Gasteiger charge is 2.32. The van der Waals surface area contributed by atoms with Crippen LogP contribution < -0.4 is 10.6 Å². The van der Waals surface area contributed by atoms with Gasteiger partial charge in [-0.2, -0.15) is 13.2 Å². The summed E-state index contributed by atoms with van der Waals surface area (Å²) in [6, 6.07) is 3.63. The molecular weight excluding hydrogens is 358 g/mol. The number of carbonyl (C=O) groups is 2. The molecule has 10 heteroatoms. The zero-order valence-electron chi connectivity index (χ0n) is 13.6. The highest BCUT2D eigenvalue weighted by atomic mass is 19.4. The number of ether oxygens (including phenoxy) is 1. The summed E-state index contributed by atoms with van der Waals surface area (Å²) < 4.78 is 55.7. The van der Waals surface area contributed by atoms with Gasteiger partial charge in [0, 0.05) is 11.9 Å². The summed E-state index contributed by atoms with van der Waals surface area (Å²) in [4.78, 5) is 26.6. The monoisotopic (exact) mass is 371 g/mol. The molecule has 1 aromatic carbocycles. The van der Waals surface area contributed by atoms with Gasteiger partial charge in [-0.15, -0.1) is 0 Å². The number of aromatic nitrogens is 1. The lowest BCUT2D eigenvalue weighted by molar-refractivity contribution is -0.138. The minimum atomic E-state index is -4.74. The van der Waals surface area contributed by atoms with Gasteiger partial charge in [0.2, 0.25) is 0 Å². The highest BCUT2D eigenvalue weighted by molar-refractivity contribution is 6.00. The number of anilines is 2. The van der Waals surface area contributed by atoms with E-state index in [1.54, 1.807) is 6.92 Å². The molecule has 0 bridgehead atoms. The first-order chi connectivity index (χ1) is 12.1. The third-order valence-electron chi connectivity index (χ3n) is 3.30. The summed E-state index contributed by atoms with van der Waals surface area (Å²) in [5.41, 5.74) is -0.173. The highest BCUT2D eigenvalue weighted by Crippen LogP contribution is 2.30. The molecule has 26 heavy (non-hydrogen) atoms. The van der Waals surface area contributed by atoms with Gasteiger partial charge >= 0.3 is 18.2 Å². The number of benzene rings is 1. The maximum absolute atomic E-state index is 13.7. The van der Waals surface area contributed by atoms with Crippen molar-refractivity contribution in [2.45, 2.75) is 13.1 Å². The SMILES string of the molecule is COC(=O)c1ccc(NC(=O)Nc2ncc(C(F)(F)F)cc2F)c(C)c1. The van der Waals surface area contributed by atoms with Gasteiger partial charge < -0.3 is 10.1 Å². The molecule has 0 radical (unpaired) electrons. The number of rotatable bonds is 3. The average Bonchev–Trinajstić information content (AvgIpc) is 2.56. The minimum absolute atomic E-state index is 0.235. The van der Waals surface area contributed by atoms with Crippen LogP contribution in [0, 0.1) is 12.7 Å². The maximum atomic E-state index is 13.7. The van der Waals surface area contributed by atoms with Gasteiger partial charge in [0.05, 0.1) is 18.2 Å². The second-order valence-corrected chi connectivity index (χ2v) is 5.15. The molecule has 1 heterocycles. The van der Waals surface area contributed by atoms with Crippen molar-refractivity contribution in [2.24, 2.45) is 0 Å². The number of hydrogen-bond acceptors (Lipinski definition) is 4. The van der Waals surface area contributed by atoms with Crippen LogP contribution in [0.5, 0.6) is 0 Å². The van der Waals surface area contributed by atoms with Crippen molar-refractivity contribution in [3.8, 4) is 0 Å². The maximum Gasteiger partial charge on any atom is 0.417 e. The molecule has 2 aromatic rings. The Labute approximate surface area is 145 Å². The Hall–Kier alpha value is -3.17. The third-order valence-corrected chi connectivity index (χ3v) is 3.30. The molecule has 2 rings (SSSR count). The topological polar surface area (TPSA) is 80.3 Å². The molecule has 0 aliphatic carbocycles. The van der Waals surface area contributed by atoms with Gasteiger partial charge in [-0.3, -0.25) is 5.32 Å². The first-order valence-electron chi connectivity index (χ1n) is 7.11. The van der Waals surface area contributed by atoms with Crippen LogP contribution in [0.15, 0.2) is 30.5 Å². The number of amides is 2. The third kappa shape index (κ3) is 4.47. The van der Waals surface area contributed by atoms with Crippen LogP contribution >= 0.6 is 0 Å². The van der Waals surface area contributed by atoms with Crippen molar-refractivity contribution in [2.75, 3.05) is 17.7 Å². The van der Waals surface area contributed by atoms with E-state index in [2.05, 4.69) is 15.0 Å². The van der Waals surface area contributed by atoms with Crippen molar-refractivity contribution in [3.05, 3.63) is 53.0 Å². The van der Waals surface area contributed by atoms with E-state index in [9.17, 15) is 27.2 Å². The Morgan fingerprint density at radius 1 is 1.15 bits per heavy atom. The van der Waals surface area contributed by atoms with Crippen molar-refractivity contribution in [1.82, 2.24) is 4.98 Å². The summed E-state index contributed by atoms with van der Waals surface area (Å²) >= 11 is 0. The predicted octanol–water partition coefficient (Wildman–Crippen LogP) is 3.98. The lowest BCUT2D eigenvalue weighted by Crippen LogP contribution is -2.22. The van der Waals surface area contributed by atoms with Crippen LogP contribution in [0.2, 0.25) is 0 Å². The Morgan fingerprint density at radius 3 is 2.38 bits per heavy atom. The minimum Gasteiger partial charge on any atom is -0.465 e. The lowest BCUT2D eigenvalue weighted by Gasteiger charge is -2.12. The molecule has 0 aliphatic rings. The first kappa shape index (κ1) is 19.2. The van der Waals surface area contributed by atoms with Crippen LogP contribution in [0.25, 0.3) is 0 Å². The summed E-state index contributed by atoms with van der Waals surface area (Å²) in [7, 11) is 1.23. The molecule has 138 valence electrons. The zero-order valence-corrected chi connectivity index (χ0v) is 13.6. The van der Waals surface area contributed by atoms with Gasteiger partial charge in [0.25, 0.3) is 0 Å². The largest absolute Gasteiger partial charge is 0.465 e. The number of carbonyl (C=O) groups excluding carboxylic acids is 2.